The van der Waals surface area contributed by atoms with Crippen LogP contribution in [0.5, 0.6) is 0 Å². The summed E-state index contributed by atoms with van der Waals surface area (Å²) in [6, 6.07) is 24.7. The van der Waals surface area contributed by atoms with Gasteiger partial charge in [0.15, 0.2) is 0 Å². The van der Waals surface area contributed by atoms with Crippen LogP contribution in [0.4, 0.5) is 15.8 Å². The van der Waals surface area contributed by atoms with Gasteiger partial charge in [-0.2, -0.15) is 0 Å². The van der Waals surface area contributed by atoms with Crippen LogP contribution in [0.2, 0.25) is 0 Å². The smallest absolute Gasteiger partial charge is 0.132 e. The highest BCUT2D eigenvalue weighted by molar-refractivity contribution is 6.18. The van der Waals surface area contributed by atoms with Crippen molar-refractivity contribution in [1.29, 1.82) is 10.8 Å². The molecule has 3 aromatic carbocycles. The SMILES string of the molecule is C=C1CCC(c2ccc(N3CCC(N4CCC(c5ccc(N6C=CC(=N)/C6=C\C(=N)c6ccccc6F)cc5)CC4)CC3)cc2)C(=C)N1.CC. The van der Waals surface area contributed by atoms with E-state index >= 15 is 0 Å². The molecular formula is C43H51FN6. The average Bonchev–Trinajstić information content (AvgIpc) is 3.52. The van der Waals surface area contributed by atoms with Crippen molar-refractivity contribution in [1.82, 2.24) is 10.2 Å². The van der Waals surface area contributed by atoms with Crippen molar-refractivity contribution >= 4 is 22.8 Å². The zero-order valence-corrected chi connectivity index (χ0v) is 29.6. The van der Waals surface area contributed by atoms with Crippen molar-refractivity contribution in [3.05, 3.63) is 144 Å². The van der Waals surface area contributed by atoms with Gasteiger partial charge in [0.2, 0.25) is 0 Å². The Kier molecular flexibility index (Phi) is 11.1. The molecule has 7 rings (SSSR count). The van der Waals surface area contributed by atoms with Crippen LogP contribution in [0.25, 0.3) is 0 Å². The molecular weight excluding hydrogens is 620 g/mol. The summed E-state index contributed by atoms with van der Waals surface area (Å²) < 4.78 is 14.3. The topological polar surface area (TPSA) is 69.5 Å². The number of hydrogen-bond acceptors (Lipinski definition) is 6. The van der Waals surface area contributed by atoms with E-state index < -0.39 is 5.82 Å². The standard InChI is InChI=1S/C41H45FN6.C2H6/c1-28-7-16-36(29(2)45-28)32-10-12-33(13-11-32)47-24-19-34(20-25-47)46-22-17-31(18-23-46)30-8-14-35(15-9-30)48-26-21-39(43)41(48)27-40(44)37-5-3-4-6-38(37)42;1-2/h3-6,8-15,21,26-27,31,34,36,43-45H,1-2,7,16-20,22-25H2;1-2H3/b41-27+,43-39?,44-40?;. The Hall–Kier alpha value is -4.75. The quantitative estimate of drug-likeness (QED) is 0.219. The summed E-state index contributed by atoms with van der Waals surface area (Å²) in [5.41, 5.74) is 8.25. The number of rotatable bonds is 7. The monoisotopic (exact) mass is 670 g/mol. The van der Waals surface area contributed by atoms with E-state index in [1.54, 1.807) is 30.4 Å². The van der Waals surface area contributed by atoms with Crippen molar-refractivity contribution in [2.45, 2.75) is 70.3 Å². The van der Waals surface area contributed by atoms with Crippen molar-refractivity contribution in [2.75, 3.05) is 36.0 Å². The Morgan fingerprint density at radius 2 is 1.46 bits per heavy atom. The van der Waals surface area contributed by atoms with Crippen LogP contribution in [-0.2, 0) is 0 Å². The Bertz CT molecular complexity index is 1760. The van der Waals surface area contributed by atoms with Gasteiger partial charge in [-0.3, -0.25) is 5.41 Å². The normalized spacial score (nSPS) is 21.3. The molecule has 0 aromatic heterocycles. The van der Waals surface area contributed by atoms with E-state index in [9.17, 15) is 4.39 Å². The molecule has 7 heteroatoms. The number of piperidine rings is 3. The molecule has 0 bridgehead atoms. The first-order valence-corrected chi connectivity index (χ1v) is 18.3. The summed E-state index contributed by atoms with van der Waals surface area (Å²) in [5.74, 6) is 0.468. The van der Waals surface area contributed by atoms with Crippen LogP contribution in [0, 0.1) is 16.6 Å². The average molecular weight is 671 g/mol. The molecule has 0 aliphatic carbocycles. The molecule has 3 N–H and O–H groups in total. The van der Waals surface area contributed by atoms with E-state index in [1.807, 2.05) is 24.9 Å². The highest BCUT2D eigenvalue weighted by Gasteiger charge is 2.29. The molecule has 0 saturated carbocycles. The minimum absolute atomic E-state index is 0.0522. The van der Waals surface area contributed by atoms with Gasteiger partial charge in [0.05, 0.1) is 17.1 Å². The van der Waals surface area contributed by atoms with Crippen LogP contribution >= 0.6 is 0 Å². The molecule has 4 aliphatic rings. The predicted octanol–water partition coefficient (Wildman–Crippen LogP) is 9.50. The molecule has 1 atom stereocenters. The highest BCUT2D eigenvalue weighted by atomic mass is 19.1. The van der Waals surface area contributed by atoms with E-state index in [0.717, 1.165) is 68.9 Å². The minimum atomic E-state index is -0.433. The van der Waals surface area contributed by atoms with Crippen LogP contribution in [0.1, 0.15) is 80.9 Å². The van der Waals surface area contributed by atoms with Gasteiger partial charge in [-0.1, -0.05) is 63.4 Å². The fraction of sp³-hybridized carbons (Fsp3) is 0.349. The number of allylic oxidation sites excluding steroid dienone is 4. The van der Waals surface area contributed by atoms with Crippen LogP contribution in [0.15, 0.2) is 121 Å². The van der Waals surface area contributed by atoms with E-state index in [4.69, 9.17) is 10.8 Å². The maximum absolute atomic E-state index is 14.3. The Morgan fingerprint density at radius 1 is 0.820 bits per heavy atom. The third kappa shape index (κ3) is 7.68. The summed E-state index contributed by atoms with van der Waals surface area (Å²) in [5, 5.41) is 20.2. The summed E-state index contributed by atoms with van der Waals surface area (Å²) in [6.45, 7) is 16.8. The van der Waals surface area contributed by atoms with E-state index in [1.165, 1.54) is 35.7 Å². The Balaban J connectivity index is 0.00000212. The molecule has 0 radical (unpaired) electrons. The van der Waals surface area contributed by atoms with E-state index in [0.29, 0.717) is 29.3 Å². The molecule has 260 valence electrons. The summed E-state index contributed by atoms with van der Waals surface area (Å²) in [6.07, 6.45) is 11.9. The third-order valence-electron chi connectivity index (χ3n) is 10.7. The second kappa shape index (κ2) is 15.9. The fourth-order valence-corrected chi connectivity index (χ4v) is 7.86. The van der Waals surface area contributed by atoms with Gasteiger partial charge < -0.3 is 25.4 Å². The van der Waals surface area contributed by atoms with Crippen LogP contribution in [-0.4, -0.2) is 48.5 Å². The molecule has 3 saturated heterocycles. The van der Waals surface area contributed by atoms with Gasteiger partial charge in [0.25, 0.3) is 0 Å². The lowest BCUT2D eigenvalue weighted by Crippen LogP contribution is -2.47. The van der Waals surface area contributed by atoms with E-state index in [2.05, 4.69) is 76.8 Å². The predicted molar refractivity (Wildman–Crippen MR) is 207 cm³/mol. The lowest BCUT2D eigenvalue weighted by molar-refractivity contribution is 0.132. The number of likely N-dealkylation sites (tertiary alicyclic amines) is 1. The number of nitrogens with one attached hydrogen (secondary N) is 3. The molecule has 0 spiro atoms. The number of hydrogen-bond donors (Lipinski definition) is 3. The molecule has 4 heterocycles. The lowest BCUT2D eigenvalue weighted by Gasteiger charge is -2.42. The Morgan fingerprint density at radius 3 is 2.12 bits per heavy atom. The Labute approximate surface area is 297 Å². The van der Waals surface area contributed by atoms with Crippen LogP contribution < -0.4 is 15.1 Å². The zero-order chi connectivity index (χ0) is 35.2. The van der Waals surface area contributed by atoms with Gasteiger partial charge in [-0.05, 0) is 117 Å². The van der Waals surface area contributed by atoms with Gasteiger partial charge in [0.1, 0.15) is 5.82 Å². The fourth-order valence-electron chi connectivity index (χ4n) is 7.86. The number of anilines is 2. The molecule has 3 fully saturated rings. The van der Waals surface area contributed by atoms with Gasteiger partial charge in [0, 0.05) is 59.6 Å². The van der Waals surface area contributed by atoms with Crippen molar-refractivity contribution in [2.24, 2.45) is 0 Å². The maximum Gasteiger partial charge on any atom is 0.132 e. The minimum Gasteiger partial charge on any atom is -0.371 e. The molecule has 0 amide bonds. The van der Waals surface area contributed by atoms with Gasteiger partial charge in [-0.15, -0.1) is 0 Å². The summed E-state index contributed by atoms with van der Waals surface area (Å²) in [7, 11) is 0. The first-order valence-electron chi connectivity index (χ1n) is 18.3. The second-order valence-corrected chi connectivity index (χ2v) is 13.6. The number of halogens is 1. The molecule has 4 aliphatic heterocycles. The van der Waals surface area contributed by atoms with E-state index in [-0.39, 0.29) is 11.3 Å². The first-order chi connectivity index (χ1) is 24.3. The van der Waals surface area contributed by atoms with Gasteiger partial charge in [-0.25, -0.2) is 4.39 Å². The molecule has 50 heavy (non-hydrogen) atoms. The largest absolute Gasteiger partial charge is 0.371 e. The summed E-state index contributed by atoms with van der Waals surface area (Å²) >= 11 is 0. The van der Waals surface area contributed by atoms with Crippen molar-refractivity contribution in [3.63, 3.8) is 0 Å². The first kappa shape index (κ1) is 35.1. The molecule has 6 nitrogen and oxygen atoms in total. The molecule has 3 aromatic rings. The number of benzene rings is 3. The van der Waals surface area contributed by atoms with Crippen molar-refractivity contribution < 1.29 is 4.39 Å². The lowest BCUT2D eigenvalue weighted by atomic mass is 9.87. The molecule has 1 unspecified atom stereocenters. The third-order valence-corrected chi connectivity index (χ3v) is 10.7. The highest BCUT2D eigenvalue weighted by Crippen LogP contribution is 2.36. The van der Waals surface area contributed by atoms with Crippen molar-refractivity contribution in [3.8, 4) is 0 Å². The zero-order valence-electron chi connectivity index (χ0n) is 29.6. The summed E-state index contributed by atoms with van der Waals surface area (Å²) in [4.78, 5) is 7.18. The second-order valence-electron chi connectivity index (χ2n) is 13.6. The maximum atomic E-state index is 14.3. The number of nitrogens with zero attached hydrogens (tertiary/aromatic N) is 3. The van der Waals surface area contributed by atoms with Gasteiger partial charge >= 0.3 is 0 Å². The van der Waals surface area contributed by atoms with Crippen LogP contribution in [0.3, 0.4) is 0 Å².